The summed E-state index contributed by atoms with van der Waals surface area (Å²) in [6, 6.07) is 13.1. The Morgan fingerprint density at radius 1 is 1.20 bits per heavy atom. The standard InChI is InChI=1S/C17H23NOS/c1-13(2)17(16-8-5-11-20-16)18-10-9-14-6-4-7-15(12-14)19-3/h4-8,11-13,17-18H,9-10H2,1-3H3. The first-order chi connectivity index (χ1) is 9.70. The molecule has 3 heteroatoms. The average molecular weight is 289 g/mol. The highest BCUT2D eigenvalue weighted by molar-refractivity contribution is 7.10. The van der Waals surface area contributed by atoms with E-state index in [2.05, 4.69) is 48.8 Å². The molecule has 20 heavy (non-hydrogen) atoms. The largest absolute Gasteiger partial charge is 0.497 e. The number of hydrogen-bond donors (Lipinski definition) is 1. The van der Waals surface area contributed by atoms with E-state index in [0.717, 1.165) is 18.7 Å². The minimum absolute atomic E-state index is 0.445. The van der Waals surface area contributed by atoms with Gasteiger partial charge in [0.25, 0.3) is 0 Å². The summed E-state index contributed by atoms with van der Waals surface area (Å²) >= 11 is 1.83. The van der Waals surface area contributed by atoms with E-state index in [-0.39, 0.29) is 0 Å². The summed E-state index contributed by atoms with van der Waals surface area (Å²) in [5.41, 5.74) is 1.31. The van der Waals surface area contributed by atoms with Crippen molar-refractivity contribution < 1.29 is 4.74 Å². The molecule has 1 unspecified atom stereocenters. The molecule has 2 aromatic rings. The van der Waals surface area contributed by atoms with Crippen molar-refractivity contribution in [1.29, 1.82) is 0 Å². The van der Waals surface area contributed by atoms with Crippen molar-refractivity contribution in [3.63, 3.8) is 0 Å². The van der Waals surface area contributed by atoms with Crippen molar-refractivity contribution >= 4 is 11.3 Å². The number of benzene rings is 1. The average Bonchev–Trinajstić information content (AvgIpc) is 2.97. The lowest BCUT2D eigenvalue weighted by molar-refractivity contribution is 0.412. The van der Waals surface area contributed by atoms with E-state index in [1.807, 2.05) is 23.5 Å². The second-order valence-corrected chi connectivity index (χ2v) is 6.27. The number of rotatable bonds is 7. The van der Waals surface area contributed by atoms with Gasteiger partial charge in [-0.2, -0.15) is 0 Å². The van der Waals surface area contributed by atoms with Crippen molar-refractivity contribution in [2.24, 2.45) is 5.92 Å². The van der Waals surface area contributed by atoms with Gasteiger partial charge in [0.15, 0.2) is 0 Å². The second kappa shape index (κ2) is 7.46. The Kier molecular flexibility index (Phi) is 5.62. The summed E-state index contributed by atoms with van der Waals surface area (Å²) in [6.45, 7) is 5.51. The number of ether oxygens (including phenoxy) is 1. The van der Waals surface area contributed by atoms with Gasteiger partial charge in [0.1, 0.15) is 5.75 Å². The molecule has 0 fully saturated rings. The summed E-state index contributed by atoms with van der Waals surface area (Å²) in [5.74, 6) is 1.53. The van der Waals surface area contributed by atoms with E-state index in [1.165, 1.54) is 10.4 Å². The molecule has 1 aromatic heterocycles. The molecule has 0 saturated heterocycles. The summed E-state index contributed by atoms with van der Waals surface area (Å²) in [6.07, 6.45) is 1.02. The van der Waals surface area contributed by atoms with Crippen LogP contribution in [0.1, 0.15) is 30.3 Å². The Hall–Kier alpha value is -1.32. The Morgan fingerprint density at radius 2 is 2.05 bits per heavy atom. The number of hydrogen-bond acceptors (Lipinski definition) is 3. The summed E-state index contributed by atoms with van der Waals surface area (Å²) < 4.78 is 5.26. The molecule has 1 N–H and O–H groups in total. The molecule has 0 radical (unpaired) electrons. The van der Waals surface area contributed by atoms with Crippen molar-refractivity contribution in [2.75, 3.05) is 13.7 Å². The van der Waals surface area contributed by atoms with Crippen LogP contribution in [0.2, 0.25) is 0 Å². The maximum absolute atomic E-state index is 5.26. The Balaban J connectivity index is 1.90. The topological polar surface area (TPSA) is 21.3 Å². The molecule has 0 aliphatic rings. The fourth-order valence-corrected chi connectivity index (χ4v) is 3.31. The lowest BCUT2D eigenvalue weighted by Gasteiger charge is -2.21. The van der Waals surface area contributed by atoms with E-state index < -0.39 is 0 Å². The molecule has 1 aromatic carbocycles. The molecule has 0 spiro atoms. The third kappa shape index (κ3) is 4.09. The van der Waals surface area contributed by atoms with Crippen LogP contribution in [-0.2, 0) is 6.42 Å². The van der Waals surface area contributed by atoms with Gasteiger partial charge in [-0.05, 0) is 48.0 Å². The van der Waals surface area contributed by atoms with Crippen LogP contribution in [0.4, 0.5) is 0 Å². The monoisotopic (exact) mass is 289 g/mol. The third-order valence-electron chi connectivity index (χ3n) is 3.43. The fourth-order valence-electron chi connectivity index (χ4n) is 2.33. The molecule has 0 bridgehead atoms. The van der Waals surface area contributed by atoms with Crippen molar-refractivity contribution in [3.05, 3.63) is 52.2 Å². The van der Waals surface area contributed by atoms with Crippen LogP contribution >= 0.6 is 11.3 Å². The molecule has 0 amide bonds. The highest BCUT2D eigenvalue weighted by atomic mass is 32.1. The van der Waals surface area contributed by atoms with E-state index in [9.17, 15) is 0 Å². The van der Waals surface area contributed by atoms with Gasteiger partial charge >= 0.3 is 0 Å². The zero-order valence-electron chi connectivity index (χ0n) is 12.4. The first-order valence-corrected chi connectivity index (χ1v) is 7.98. The van der Waals surface area contributed by atoms with Gasteiger partial charge in [0, 0.05) is 10.9 Å². The minimum atomic E-state index is 0.445. The molecule has 2 nitrogen and oxygen atoms in total. The normalized spacial score (nSPS) is 12.6. The lowest BCUT2D eigenvalue weighted by Crippen LogP contribution is -2.27. The Morgan fingerprint density at radius 3 is 2.70 bits per heavy atom. The number of nitrogens with one attached hydrogen (secondary N) is 1. The maximum atomic E-state index is 5.26. The molecule has 0 aliphatic carbocycles. The maximum Gasteiger partial charge on any atom is 0.119 e. The van der Waals surface area contributed by atoms with Crippen LogP contribution < -0.4 is 10.1 Å². The molecule has 1 heterocycles. The SMILES string of the molecule is COc1cccc(CCNC(c2cccs2)C(C)C)c1. The Bertz CT molecular complexity index is 507. The molecule has 1 atom stereocenters. The van der Waals surface area contributed by atoms with Crippen LogP contribution in [0.15, 0.2) is 41.8 Å². The number of thiophene rings is 1. The van der Waals surface area contributed by atoms with E-state index >= 15 is 0 Å². The van der Waals surface area contributed by atoms with Gasteiger partial charge < -0.3 is 10.1 Å². The fraction of sp³-hybridized carbons (Fsp3) is 0.412. The molecule has 0 saturated carbocycles. The molecule has 108 valence electrons. The van der Waals surface area contributed by atoms with E-state index in [4.69, 9.17) is 4.74 Å². The van der Waals surface area contributed by atoms with Gasteiger partial charge in [-0.15, -0.1) is 11.3 Å². The predicted octanol–water partition coefficient (Wildman–Crippen LogP) is 4.29. The van der Waals surface area contributed by atoms with Crippen LogP contribution in [0.5, 0.6) is 5.75 Å². The zero-order valence-corrected chi connectivity index (χ0v) is 13.2. The highest BCUT2D eigenvalue weighted by Crippen LogP contribution is 2.25. The number of methoxy groups -OCH3 is 1. The zero-order chi connectivity index (χ0) is 14.4. The highest BCUT2D eigenvalue weighted by Gasteiger charge is 2.15. The third-order valence-corrected chi connectivity index (χ3v) is 4.38. The van der Waals surface area contributed by atoms with Crippen LogP contribution in [0.25, 0.3) is 0 Å². The van der Waals surface area contributed by atoms with Crippen LogP contribution in [-0.4, -0.2) is 13.7 Å². The van der Waals surface area contributed by atoms with Crippen molar-refractivity contribution in [1.82, 2.24) is 5.32 Å². The molecule has 0 aliphatic heterocycles. The molecular formula is C17H23NOS. The van der Waals surface area contributed by atoms with Gasteiger partial charge in [-0.25, -0.2) is 0 Å². The first kappa shape index (κ1) is 15.1. The van der Waals surface area contributed by atoms with Gasteiger partial charge in [-0.3, -0.25) is 0 Å². The quantitative estimate of drug-likeness (QED) is 0.821. The lowest BCUT2D eigenvalue weighted by atomic mass is 10.0. The molecule has 2 rings (SSSR count). The van der Waals surface area contributed by atoms with Crippen LogP contribution in [0.3, 0.4) is 0 Å². The minimum Gasteiger partial charge on any atom is -0.497 e. The smallest absolute Gasteiger partial charge is 0.119 e. The molecular weight excluding hydrogens is 266 g/mol. The van der Waals surface area contributed by atoms with E-state index in [0.29, 0.717) is 12.0 Å². The summed E-state index contributed by atoms with van der Waals surface area (Å²) in [4.78, 5) is 1.42. The van der Waals surface area contributed by atoms with E-state index in [1.54, 1.807) is 7.11 Å². The summed E-state index contributed by atoms with van der Waals surface area (Å²) in [5, 5.41) is 5.82. The van der Waals surface area contributed by atoms with Crippen molar-refractivity contribution in [2.45, 2.75) is 26.3 Å². The second-order valence-electron chi connectivity index (χ2n) is 5.29. The summed E-state index contributed by atoms with van der Waals surface area (Å²) in [7, 11) is 1.71. The van der Waals surface area contributed by atoms with Crippen LogP contribution in [0, 0.1) is 5.92 Å². The Labute approximate surface area is 125 Å². The van der Waals surface area contributed by atoms with Gasteiger partial charge in [0.2, 0.25) is 0 Å². The van der Waals surface area contributed by atoms with Gasteiger partial charge in [0.05, 0.1) is 7.11 Å². The van der Waals surface area contributed by atoms with Crippen molar-refractivity contribution in [3.8, 4) is 5.75 Å². The van der Waals surface area contributed by atoms with Gasteiger partial charge in [-0.1, -0.05) is 32.0 Å². The predicted molar refractivity (Wildman–Crippen MR) is 86.6 cm³/mol. The first-order valence-electron chi connectivity index (χ1n) is 7.10.